The topological polar surface area (TPSA) is 86.8 Å². The molecule has 0 saturated carbocycles. The fourth-order valence-electron chi connectivity index (χ4n) is 3.75. The van der Waals surface area contributed by atoms with Crippen molar-refractivity contribution in [3.63, 3.8) is 0 Å². The van der Waals surface area contributed by atoms with Crippen LogP contribution in [0.25, 0.3) is 0 Å². The van der Waals surface area contributed by atoms with E-state index in [2.05, 4.69) is 5.32 Å². The Bertz CT molecular complexity index is 1310. The minimum atomic E-state index is -4.16. The van der Waals surface area contributed by atoms with Gasteiger partial charge in [0.05, 0.1) is 20.6 Å². The van der Waals surface area contributed by atoms with Crippen molar-refractivity contribution in [2.75, 3.05) is 17.9 Å². The number of hydrogen-bond donors (Lipinski definition) is 1. The quantitative estimate of drug-likeness (QED) is 0.397. The van der Waals surface area contributed by atoms with Gasteiger partial charge in [0.2, 0.25) is 11.8 Å². The molecule has 36 heavy (non-hydrogen) atoms. The number of benzene rings is 3. The summed E-state index contributed by atoms with van der Waals surface area (Å²) < 4.78 is 28.3. The van der Waals surface area contributed by atoms with Crippen molar-refractivity contribution >= 4 is 50.7 Å². The molecule has 10 heteroatoms. The standard InChI is InChI=1S/C26H27Cl2N3O4S/c1-3-24(26(33)29-2)30(17-19-10-6-4-7-11-19)25(32)18-31(20-14-15-22(27)23(28)16-20)36(34,35)21-12-8-5-9-13-21/h4-16,24H,3,17-18H2,1-2H3,(H,29,33)/t24-/m1/s1. The van der Waals surface area contributed by atoms with E-state index >= 15 is 0 Å². The molecule has 0 heterocycles. The van der Waals surface area contributed by atoms with E-state index in [0.29, 0.717) is 6.42 Å². The number of nitrogens with one attached hydrogen (secondary N) is 1. The van der Waals surface area contributed by atoms with E-state index in [1.54, 1.807) is 25.1 Å². The Morgan fingerprint density at radius 2 is 1.53 bits per heavy atom. The molecule has 0 saturated heterocycles. The summed E-state index contributed by atoms with van der Waals surface area (Å²) in [5.74, 6) is -0.881. The Kier molecular flexibility index (Phi) is 9.37. The van der Waals surface area contributed by atoms with Gasteiger partial charge in [-0.15, -0.1) is 0 Å². The summed E-state index contributed by atoms with van der Waals surface area (Å²) in [6.07, 6.45) is 0.344. The average Bonchev–Trinajstić information content (AvgIpc) is 2.89. The number of anilines is 1. The SMILES string of the molecule is CC[C@H](C(=O)NC)N(Cc1ccccc1)C(=O)CN(c1ccc(Cl)c(Cl)c1)S(=O)(=O)c1ccccc1. The van der Waals surface area contributed by atoms with Gasteiger partial charge in [0.1, 0.15) is 12.6 Å². The second-order valence-corrected chi connectivity index (χ2v) is 10.6. The largest absolute Gasteiger partial charge is 0.357 e. The summed E-state index contributed by atoms with van der Waals surface area (Å²) in [5.41, 5.74) is 0.981. The number of carbonyl (C=O) groups excluding carboxylic acids is 2. The highest BCUT2D eigenvalue weighted by Crippen LogP contribution is 2.31. The lowest BCUT2D eigenvalue weighted by Gasteiger charge is -2.33. The normalized spacial score (nSPS) is 12.0. The lowest BCUT2D eigenvalue weighted by atomic mass is 10.1. The van der Waals surface area contributed by atoms with E-state index in [-0.39, 0.29) is 33.1 Å². The van der Waals surface area contributed by atoms with Crippen LogP contribution in [0.1, 0.15) is 18.9 Å². The molecule has 7 nitrogen and oxygen atoms in total. The molecule has 3 aromatic rings. The van der Waals surface area contributed by atoms with Crippen molar-refractivity contribution in [3.8, 4) is 0 Å². The first-order valence-electron chi connectivity index (χ1n) is 11.3. The molecular formula is C26H27Cl2N3O4S. The number of nitrogens with zero attached hydrogens (tertiary/aromatic N) is 2. The van der Waals surface area contributed by atoms with Crippen LogP contribution >= 0.6 is 23.2 Å². The van der Waals surface area contributed by atoms with Crippen molar-refractivity contribution in [2.45, 2.75) is 30.8 Å². The molecule has 1 N–H and O–H groups in total. The lowest BCUT2D eigenvalue weighted by molar-refractivity contribution is -0.140. The van der Waals surface area contributed by atoms with Gasteiger partial charge in [0.15, 0.2) is 0 Å². The second-order valence-electron chi connectivity index (χ2n) is 7.97. The zero-order valence-corrected chi connectivity index (χ0v) is 22.2. The smallest absolute Gasteiger partial charge is 0.264 e. The minimum absolute atomic E-state index is 0.0109. The van der Waals surface area contributed by atoms with Gasteiger partial charge in [-0.25, -0.2) is 8.42 Å². The first kappa shape index (κ1) is 27.5. The summed E-state index contributed by atoms with van der Waals surface area (Å²) in [6, 6.07) is 20.6. The van der Waals surface area contributed by atoms with Gasteiger partial charge in [-0.05, 0) is 42.3 Å². The molecule has 0 radical (unpaired) electrons. The Hall–Kier alpha value is -3.07. The molecular weight excluding hydrogens is 521 g/mol. The molecule has 0 fully saturated rings. The van der Waals surface area contributed by atoms with Crippen molar-refractivity contribution in [1.29, 1.82) is 0 Å². The highest BCUT2D eigenvalue weighted by Gasteiger charge is 2.33. The summed E-state index contributed by atoms with van der Waals surface area (Å²) in [7, 11) is -2.66. The van der Waals surface area contributed by atoms with E-state index < -0.39 is 28.5 Å². The third-order valence-corrected chi connectivity index (χ3v) is 8.16. The third-order valence-electron chi connectivity index (χ3n) is 5.63. The van der Waals surface area contributed by atoms with E-state index in [9.17, 15) is 18.0 Å². The maximum absolute atomic E-state index is 13.8. The molecule has 1 atom stereocenters. The van der Waals surface area contributed by atoms with Crippen LogP contribution < -0.4 is 9.62 Å². The molecule has 0 aromatic heterocycles. The van der Waals surface area contributed by atoms with Crippen molar-refractivity contribution in [1.82, 2.24) is 10.2 Å². The third kappa shape index (κ3) is 6.37. The molecule has 0 unspecified atom stereocenters. The number of amides is 2. The monoisotopic (exact) mass is 547 g/mol. The first-order valence-corrected chi connectivity index (χ1v) is 13.5. The van der Waals surface area contributed by atoms with Gasteiger partial charge in [0, 0.05) is 13.6 Å². The zero-order valence-electron chi connectivity index (χ0n) is 19.9. The Balaban J connectivity index is 2.06. The predicted molar refractivity (Wildman–Crippen MR) is 143 cm³/mol. The Labute approximate surface area is 221 Å². The fourth-order valence-corrected chi connectivity index (χ4v) is 5.47. The molecule has 0 aliphatic heterocycles. The van der Waals surface area contributed by atoms with Crippen LogP contribution in [0.2, 0.25) is 10.0 Å². The molecule has 0 aliphatic rings. The fraction of sp³-hybridized carbons (Fsp3) is 0.231. The highest BCUT2D eigenvalue weighted by atomic mass is 35.5. The van der Waals surface area contributed by atoms with Crippen LogP contribution in [0.15, 0.2) is 83.8 Å². The number of likely N-dealkylation sites (N-methyl/N-ethyl adjacent to an activating group) is 1. The molecule has 3 rings (SSSR count). The van der Waals surface area contributed by atoms with Crippen LogP contribution in [-0.4, -0.2) is 44.8 Å². The number of halogens is 2. The molecule has 0 aliphatic carbocycles. The van der Waals surface area contributed by atoms with E-state index in [1.807, 2.05) is 30.3 Å². The van der Waals surface area contributed by atoms with Gasteiger partial charge in [-0.3, -0.25) is 13.9 Å². The highest BCUT2D eigenvalue weighted by molar-refractivity contribution is 7.92. The molecule has 190 valence electrons. The van der Waals surface area contributed by atoms with E-state index in [4.69, 9.17) is 23.2 Å². The van der Waals surface area contributed by atoms with Crippen LogP contribution in [0.3, 0.4) is 0 Å². The summed E-state index contributed by atoms with van der Waals surface area (Å²) in [4.78, 5) is 27.8. The second kappa shape index (κ2) is 12.3. The van der Waals surface area contributed by atoms with Gasteiger partial charge in [-0.1, -0.05) is 78.7 Å². The van der Waals surface area contributed by atoms with Crippen LogP contribution in [0.4, 0.5) is 5.69 Å². The van der Waals surface area contributed by atoms with E-state index in [0.717, 1.165) is 9.87 Å². The molecule has 0 spiro atoms. The number of rotatable bonds is 10. The first-order chi connectivity index (χ1) is 17.2. The van der Waals surface area contributed by atoms with Crippen LogP contribution in [0.5, 0.6) is 0 Å². The summed E-state index contributed by atoms with van der Waals surface area (Å²) in [6.45, 7) is 1.38. The Morgan fingerprint density at radius 1 is 0.917 bits per heavy atom. The maximum Gasteiger partial charge on any atom is 0.264 e. The van der Waals surface area contributed by atoms with Crippen molar-refractivity contribution in [2.24, 2.45) is 0 Å². The minimum Gasteiger partial charge on any atom is -0.357 e. The number of sulfonamides is 1. The van der Waals surface area contributed by atoms with Crippen LogP contribution in [-0.2, 0) is 26.2 Å². The maximum atomic E-state index is 13.8. The predicted octanol–water partition coefficient (Wildman–Crippen LogP) is 4.74. The molecule has 2 amide bonds. The molecule has 3 aromatic carbocycles. The Morgan fingerprint density at radius 3 is 2.08 bits per heavy atom. The lowest BCUT2D eigenvalue weighted by Crippen LogP contribution is -2.51. The average molecular weight is 548 g/mol. The van der Waals surface area contributed by atoms with Gasteiger partial charge < -0.3 is 10.2 Å². The zero-order chi connectivity index (χ0) is 26.3. The number of hydrogen-bond acceptors (Lipinski definition) is 4. The van der Waals surface area contributed by atoms with Crippen LogP contribution in [0, 0.1) is 0 Å². The summed E-state index contributed by atoms with van der Waals surface area (Å²) >= 11 is 12.2. The van der Waals surface area contributed by atoms with Gasteiger partial charge in [0.25, 0.3) is 10.0 Å². The van der Waals surface area contributed by atoms with E-state index in [1.165, 1.54) is 42.3 Å². The summed E-state index contributed by atoms with van der Waals surface area (Å²) in [5, 5.41) is 2.99. The van der Waals surface area contributed by atoms with Crippen molar-refractivity contribution in [3.05, 3.63) is 94.5 Å². The van der Waals surface area contributed by atoms with Gasteiger partial charge in [-0.2, -0.15) is 0 Å². The van der Waals surface area contributed by atoms with Crippen molar-refractivity contribution < 1.29 is 18.0 Å². The van der Waals surface area contributed by atoms with Gasteiger partial charge >= 0.3 is 0 Å². The molecule has 0 bridgehead atoms. The number of carbonyl (C=O) groups is 2.